The number of hydrogen-bond donors (Lipinski definition) is 0. The Morgan fingerprint density at radius 3 is 2.80 bits per heavy atom. The fourth-order valence-corrected chi connectivity index (χ4v) is 4.09. The molecule has 1 atom stereocenters. The van der Waals surface area contributed by atoms with Crippen molar-refractivity contribution in [1.29, 1.82) is 0 Å². The van der Waals surface area contributed by atoms with Gasteiger partial charge in [0.25, 0.3) is 0 Å². The minimum Gasteiger partial charge on any atom is -0.501 e. The van der Waals surface area contributed by atoms with Crippen molar-refractivity contribution in [2.75, 3.05) is 18.1 Å². The molecular weight excluding hydrogens is 212 g/mol. The normalized spacial score (nSPS) is 31.3. The van der Waals surface area contributed by atoms with Crippen molar-refractivity contribution in [3.63, 3.8) is 0 Å². The van der Waals surface area contributed by atoms with E-state index in [0.29, 0.717) is 12.4 Å². The molecule has 1 rings (SSSR count). The van der Waals surface area contributed by atoms with Gasteiger partial charge in [-0.05, 0) is 19.8 Å². The van der Waals surface area contributed by atoms with Crippen LogP contribution in [0.25, 0.3) is 0 Å². The molecule has 1 aliphatic heterocycles. The summed E-state index contributed by atoms with van der Waals surface area (Å²) in [5.41, 5.74) is -0.213. The van der Waals surface area contributed by atoms with Crippen LogP contribution < -0.4 is 0 Å². The van der Waals surface area contributed by atoms with Crippen LogP contribution in [-0.2, 0) is 14.6 Å². The molecule has 1 heterocycles. The molecule has 0 N–H and O–H groups in total. The first kappa shape index (κ1) is 12.6. The largest absolute Gasteiger partial charge is 0.501 e. The highest BCUT2D eigenvalue weighted by Crippen LogP contribution is 2.30. The van der Waals surface area contributed by atoms with Gasteiger partial charge in [0.15, 0.2) is 9.84 Å². The molecule has 1 fully saturated rings. The van der Waals surface area contributed by atoms with Crippen LogP contribution in [0, 0.1) is 5.41 Å². The smallest absolute Gasteiger partial charge is 0.150 e. The summed E-state index contributed by atoms with van der Waals surface area (Å²) in [5.74, 6) is 0.601. The van der Waals surface area contributed by atoms with E-state index in [4.69, 9.17) is 4.74 Å². The first-order chi connectivity index (χ1) is 6.97. The van der Waals surface area contributed by atoms with E-state index in [-0.39, 0.29) is 11.2 Å². The zero-order chi connectivity index (χ0) is 11.4. The Kier molecular flexibility index (Phi) is 4.20. The molecule has 0 aromatic heterocycles. The van der Waals surface area contributed by atoms with Gasteiger partial charge >= 0.3 is 0 Å². The third kappa shape index (κ3) is 4.24. The molecular formula is C11H20O3S. The van der Waals surface area contributed by atoms with Crippen LogP contribution in [0.3, 0.4) is 0 Å². The molecule has 15 heavy (non-hydrogen) atoms. The van der Waals surface area contributed by atoms with E-state index in [1.54, 1.807) is 6.26 Å². The predicted molar refractivity (Wildman–Crippen MR) is 61.4 cm³/mol. The second kappa shape index (κ2) is 5.01. The summed E-state index contributed by atoms with van der Waals surface area (Å²) in [7, 11) is -2.87. The van der Waals surface area contributed by atoms with Gasteiger partial charge < -0.3 is 4.74 Å². The highest BCUT2D eigenvalue weighted by Gasteiger charge is 2.33. The van der Waals surface area contributed by atoms with Crippen molar-refractivity contribution in [1.82, 2.24) is 0 Å². The van der Waals surface area contributed by atoms with Gasteiger partial charge in [-0.2, -0.15) is 0 Å². The molecule has 0 spiro atoms. The van der Waals surface area contributed by atoms with Gasteiger partial charge in [0.1, 0.15) is 0 Å². The van der Waals surface area contributed by atoms with Crippen LogP contribution in [-0.4, -0.2) is 26.5 Å². The van der Waals surface area contributed by atoms with E-state index in [0.717, 1.165) is 19.3 Å². The van der Waals surface area contributed by atoms with E-state index >= 15 is 0 Å². The van der Waals surface area contributed by atoms with Crippen molar-refractivity contribution in [3.8, 4) is 0 Å². The van der Waals surface area contributed by atoms with E-state index in [2.05, 4.69) is 0 Å². The predicted octanol–water partition coefficient (Wildman–Crippen LogP) is 2.14. The number of sulfone groups is 1. The monoisotopic (exact) mass is 232 g/mol. The van der Waals surface area contributed by atoms with Crippen molar-refractivity contribution >= 4 is 9.84 Å². The summed E-state index contributed by atoms with van der Waals surface area (Å²) in [6.07, 6.45) is 6.15. The average Bonchev–Trinajstić information content (AvgIpc) is 2.24. The average molecular weight is 232 g/mol. The maximum absolute atomic E-state index is 11.6. The second-order valence-corrected chi connectivity index (χ2v) is 6.82. The van der Waals surface area contributed by atoms with Crippen molar-refractivity contribution in [2.45, 2.75) is 33.1 Å². The fraction of sp³-hybridized carbons (Fsp3) is 0.818. The van der Waals surface area contributed by atoms with E-state index in [9.17, 15) is 8.42 Å². The van der Waals surface area contributed by atoms with Crippen LogP contribution in [0.4, 0.5) is 0 Å². The Labute approximate surface area is 92.4 Å². The van der Waals surface area contributed by atoms with E-state index in [1.807, 2.05) is 19.9 Å². The molecule has 4 heteroatoms. The van der Waals surface area contributed by atoms with Crippen LogP contribution >= 0.6 is 0 Å². The van der Waals surface area contributed by atoms with Gasteiger partial charge in [-0.25, -0.2) is 8.42 Å². The summed E-state index contributed by atoms with van der Waals surface area (Å²) >= 11 is 0. The molecule has 0 aliphatic carbocycles. The first-order valence-electron chi connectivity index (χ1n) is 5.41. The van der Waals surface area contributed by atoms with E-state index < -0.39 is 9.84 Å². The van der Waals surface area contributed by atoms with Crippen LogP contribution in [0.15, 0.2) is 12.3 Å². The maximum Gasteiger partial charge on any atom is 0.150 e. The summed E-state index contributed by atoms with van der Waals surface area (Å²) in [6.45, 7) is 4.38. The zero-order valence-electron chi connectivity index (χ0n) is 9.53. The molecule has 88 valence electrons. The van der Waals surface area contributed by atoms with Crippen LogP contribution in [0.2, 0.25) is 0 Å². The quantitative estimate of drug-likeness (QED) is 0.700. The minimum atomic E-state index is -2.87. The Morgan fingerprint density at radius 1 is 1.40 bits per heavy atom. The lowest BCUT2D eigenvalue weighted by Gasteiger charge is -2.26. The van der Waals surface area contributed by atoms with Crippen molar-refractivity contribution in [3.05, 3.63) is 12.3 Å². The number of rotatable bonds is 3. The summed E-state index contributed by atoms with van der Waals surface area (Å²) in [4.78, 5) is 0. The molecule has 0 aromatic rings. The molecule has 0 aromatic carbocycles. The molecule has 0 saturated carbocycles. The van der Waals surface area contributed by atoms with Gasteiger partial charge in [-0.3, -0.25) is 0 Å². The highest BCUT2D eigenvalue weighted by molar-refractivity contribution is 7.91. The second-order valence-electron chi connectivity index (χ2n) is 4.64. The third-order valence-electron chi connectivity index (χ3n) is 2.72. The van der Waals surface area contributed by atoms with Gasteiger partial charge in [0.05, 0.1) is 24.4 Å². The SMILES string of the molecule is C/C=C/OCC1(C)CCCCS(=O)(=O)C1. The Bertz CT molecular complexity index is 319. The van der Waals surface area contributed by atoms with E-state index in [1.165, 1.54) is 0 Å². The lowest BCUT2D eigenvalue weighted by atomic mass is 9.88. The standard InChI is InChI=1S/C11H20O3S/c1-3-7-14-9-11(2)6-4-5-8-15(12,13)10-11/h3,7H,4-6,8-10H2,1-2H3/b7-3+. The number of allylic oxidation sites excluding steroid dienone is 1. The number of hydrogen-bond acceptors (Lipinski definition) is 3. The maximum atomic E-state index is 11.6. The van der Waals surface area contributed by atoms with Gasteiger partial charge in [-0.15, -0.1) is 0 Å². The summed E-state index contributed by atoms with van der Waals surface area (Å²) in [5, 5.41) is 0. The van der Waals surface area contributed by atoms with Gasteiger partial charge in [0.2, 0.25) is 0 Å². The lowest BCUT2D eigenvalue weighted by molar-refractivity contribution is 0.131. The van der Waals surface area contributed by atoms with Crippen LogP contribution in [0.5, 0.6) is 0 Å². The summed E-state index contributed by atoms with van der Waals surface area (Å²) in [6, 6.07) is 0. The molecule has 1 saturated heterocycles. The molecule has 3 nitrogen and oxygen atoms in total. The van der Waals surface area contributed by atoms with Crippen molar-refractivity contribution < 1.29 is 13.2 Å². The molecule has 0 radical (unpaired) electrons. The Morgan fingerprint density at radius 2 is 2.13 bits per heavy atom. The van der Waals surface area contributed by atoms with Crippen molar-refractivity contribution in [2.24, 2.45) is 5.41 Å². The first-order valence-corrected chi connectivity index (χ1v) is 7.23. The third-order valence-corrected chi connectivity index (χ3v) is 4.77. The Hall–Kier alpha value is -0.510. The molecule has 0 amide bonds. The molecule has 1 aliphatic rings. The molecule has 0 bridgehead atoms. The van der Waals surface area contributed by atoms with Crippen LogP contribution in [0.1, 0.15) is 33.1 Å². The Balaban J connectivity index is 2.64. The lowest BCUT2D eigenvalue weighted by Crippen LogP contribution is -2.30. The molecule has 1 unspecified atom stereocenters. The topological polar surface area (TPSA) is 43.4 Å². The zero-order valence-corrected chi connectivity index (χ0v) is 10.3. The minimum absolute atomic E-state index is 0.213. The highest BCUT2D eigenvalue weighted by atomic mass is 32.2. The van der Waals surface area contributed by atoms with Gasteiger partial charge in [-0.1, -0.05) is 19.4 Å². The number of ether oxygens (including phenoxy) is 1. The summed E-state index contributed by atoms with van der Waals surface area (Å²) < 4.78 is 28.6. The fourth-order valence-electron chi connectivity index (χ4n) is 2.01. The van der Waals surface area contributed by atoms with Gasteiger partial charge in [0, 0.05) is 5.41 Å².